The van der Waals surface area contributed by atoms with Crippen LogP contribution < -0.4 is 9.47 Å². The van der Waals surface area contributed by atoms with E-state index in [1.807, 2.05) is 6.92 Å². The van der Waals surface area contributed by atoms with Crippen LogP contribution in [0.15, 0.2) is 18.2 Å². The fourth-order valence-electron chi connectivity index (χ4n) is 1.34. The van der Waals surface area contributed by atoms with Gasteiger partial charge in [0.25, 0.3) is 0 Å². The van der Waals surface area contributed by atoms with Crippen molar-refractivity contribution >= 4 is 5.97 Å². The number of benzene rings is 1. The molecule has 0 aromatic heterocycles. The number of carboxylic acids is 1. The zero-order chi connectivity index (χ0) is 12.7. The molecule has 0 radical (unpaired) electrons. The molecule has 0 atom stereocenters. The standard InChI is InChI=1S/C13H14O4/c1-3-7-17-11-6-5-10(9-13(14)15)8-12(11)16-4-2/h1,5-6,8H,4,7,9H2,2H3,(H,14,15). The molecule has 0 aliphatic carbocycles. The molecule has 0 spiro atoms. The van der Waals surface area contributed by atoms with Gasteiger partial charge in [-0.3, -0.25) is 4.79 Å². The van der Waals surface area contributed by atoms with Crippen LogP contribution >= 0.6 is 0 Å². The minimum absolute atomic E-state index is 0.0461. The Balaban J connectivity index is 2.91. The van der Waals surface area contributed by atoms with Gasteiger partial charge in [-0.15, -0.1) is 6.42 Å². The Kier molecular flexibility index (Phi) is 4.89. The van der Waals surface area contributed by atoms with E-state index < -0.39 is 5.97 Å². The van der Waals surface area contributed by atoms with Gasteiger partial charge < -0.3 is 14.6 Å². The van der Waals surface area contributed by atoms with Gasteiger partial charge >= 0.3 is 5.97 Å². The largest absolute Gasteiger partial charge is 0.490 e. The maximum atomic E-state index is 10.6. The molecular weight excluding hydrogens is 220 g/mol. The smallest absolute Gasteiger partial charge is 0.307 e. The third kappa shape index (κ3) is 4.07. The second kappa shape index (κ2) is 6.44. The fourth-order valence-corrected chi connectivity index (χ4v) is 1.34. The van der Waals surface area contributed by atoms with Crippen molar-refractivity contribution in [3.8, 4) is 23.8 Å². The lowest BCUT2D eigenvalue weighted by Gasteiger charge is -2.11. The molecule has 17 heavy (non-hydrogen) atoms. The van der Waals surface area contributed by atoms with E-state index in [0.29, 0.717) is 23.7 Å². The first-order valence-electron chi connectivity index (χ1n) is 5.21. The van der Waals surface area contributed by atoms with Crippen LogP contribution in [0.5, 0.6) is 11.5 Å². The molecule has 0 amide bonds. The summed E-state index contributed by atoms with van der Waals surface area (Å²) in [5, 5.41) is 8.70. The Morgan fingerprint density at radius 2 is 2.18 bits per heavy atom. The molecule has 0 bridgehead atoms. The zero-order valence-corrected chi connectivity index (χ0v) is 9.60. The lowest BCUT2D eigenvalue weighted by Crippen LogP contribution is -2.03. The molecule has 90 valence electrons. The van der Waals surface area contributed by atoms with Gasteiger partial charge in [-0.25, -0.2) is 0 Å². The summed E-state index contributed by atoms with van der Waals surface area (Å²) in [5.41, 5.74) is 0.661. The Morgan fingerprint density at radius 3 is 2.76 bits per heavy atom. The predicted molar refractivity (Wildman–Crippen MR) is 63.3 cm³/mol. The fraction of sp³-hybridized carbons (Fsp3) is 0.308. The van der Waals surface area contributed by atoms with Crippen LogP contribution in [0.3, 0.4) is 0 Å². The molecule has 0 saturated carbocycles. The van der Waals surface area contributed by atoms with Gasteiger partial charge in [0.05, 0.1) is 13.0 Å². The van der Waals surface area contributed by atoms with Gasteiger partial charge in [0.2, 0.25) is 0 Å². The van der Waals surface area contributed by atoms with Crippen LogP contribution in [-0.4, -0.2) is 24.3 Å². The van der Waals surface area contributed by atoms with Gasteiger partial charge in [0, 0.05) is 0 Å². The summed E-state index contributed by atoms with van der Waals surface area (Å²) in [4.78, 5) is 10.6. The minimum atomic E-state index is -0.884. The quantitative estimate of drug-likeness (QED) is 0.761. The van der Waals surface area contributed by atoms with E-state index in [9.17, 15) is 4.79 Å². The molecule has 0 heterocycles. The number of rotatable bonds is 6. The maximum Gasteiger partial charge on any atom is 0.307 e. The normalized spacial score (nSPS) is 9.41. The van der Waals surface area contributed by atoms with Crippen molar-refractivity contribution in [2.24, 2.45) is 0 Å². The van der Waals surface area contributed by atoms with Crippen LogP contribution in [0.4, 0.5) is 0 Å². The Hall–Kier alpha value is -2.15. The van der Waals surface area contributed by atoms with Gasteiger partial charge in [0.15, 0.2) is 11.5 Å². The van der Waals surface area contributed by atoms with Crippen molar-refractivity contribution in [1.82, 2.24) is 0 Å². The molecule has 1 aromatic carbocycles. The average Bonchev–Trinajstić information content (AvgIpc) is 2.28. The summed E-state index contributed by atoms with van der Waals surface area (Å²) in [7, 11) is 0. The monoisotopic (exact) mass is 234 g/mol. The lowest BCUT2D eigenvalue weighted by molar-refractivity contribution is -0.136. The van der Waals surface area contributed by atoms with Crippen molar-refractivity contribution in [2.75, 3.05) is 13.2 Å². The zero-order valence-electron chi connectivity index (χ0n) is 9.60. The van der Waals surface area contributed by atoms with Crippen LogP contribution in [0.2, 0.25) is 0 Å². The van der Waals surface area contributed by atoms with Crippen molar-refractivity contribution in [3.63, 3.8) is 0 Å². The van der Waals surface area contributed by atoms with Gasteiger partial charge in [-0.1, -0.05) is 12.0 Å². The molecule has 0 aliphatic rings. The van der Waals surface area contributed by atoms with E-state index in [0.717, 1.165) is 0 Å². The van der Waals surface area contributed by atoms with Crippen LogP contribution in [-0.2, 0) is 11.2 Å². The number of terminal acetylenes is 1. The number of hydrogen-bond acceptors (Lipinski definition) is 3. The molecule has 1 rings (SSSR count). The SMILES string of the molecule is C#CCOc1ccc(CC(=O)O)cc1OCC. The summed E-state index contributed by atoms with van der Waals surface area (Å²) < 4.78 is 10.7. The highest BCUT2D eigenvalue weighted by Crippen LogP contribution is 2.28. The van der Waals surface area contributed by atoms with E-state index in [-0.39, 0.29) is 13.0 Å². The molecule has 0 unspecified atom stereocenters. The summed E-state index contributed by atoms with van der Waals surface area (Å²) in [6.45, 7) is 2.47. The van der Waals surface area contributed by atoms with Crippen LogP contribution in [0, 0.1) is 12.3 Å². The first-order valence-corrected chi connectivity index (χ1v) is 5.21. The Bertz CT molecular complexity index is 432. The maximum absolute atomic E-state index is 10.6. The van der Waals surface area contributed by atoms with Gasteiger partial charge in [-0.2, -0.15) is 0 Å². The first kappa shape index (κ1) is 12.9. The van der Waals surface area contributed by atoms with Crippen LogP contribution in [0.1, 0.15) is 12.5 Å². The molecule has 4 nitrogen and oxygen atoms in total. The third-order valence-electron chi connectivity index (χ3n) is 1.97. The Morgan fingerprint density at radius 1 is 1.41 bits per heavy atom. The summed E-state index contributed by atoms with van der Waals surface area (Å²) in [6, 6.07) is 5.01. The second-order valence-electron chi connectivity index (χ2n) is 3.28. The number of hydrogen-bond donors (Lipinski definition) is 1. The van der Waals surface area contributed by atoms with Crippen molar-refractivity contribution in [3.05, 3.63) is 23.8 Å². The molecule has 1 N–H and O–H groups in total. The van der Waals surface area contributed by atoms with Crippen molar-refractivity contribution in [2.45, 2.75) is 13.3 Å². The summed E-state index contributed by atoms with van der Waals surface area (Å²) in [6.07, 6.45) is 5.06. The molecule has 4 heteroatoms. The van der Waals surface area contributed by atoms with Crippen LogP contribution in [0.25, 0.3) is 0 Å². The predicted octanol–water partition coefficient (Wildman–Crippen LogP) is 1.72. The highest BCUT2D eigenvalue weighted by molar-refractivity contribution is 5.70. The number of ether oxygens (including phenoxy) is 2. The van der Waals surface area contributed by atoms with Crippen molar-refractivity contribution < 1.29 is 19.4 Å². The Labute approximate surface area is 100 Å². The first-order chi connectivity index (χ1) is 8.17. The van der Waals surface area contributed by atoms with E-state index >= 15 is 0 Å². The summed E-state index contributed by atoms with van der Waals surface area (Å²) >= 11 is 0. The molecule has 1 aromatic rings. The molecular formula is C13H14O4. The lowest BCUT2D eigenvalue weighted by atomic mass is 10.1. The summed E-state index contributed by atoms with van der Waals surface area (Å²) in [5.74, 6) is 2.52. The van der Waals surface area contributed by atoms with E-state index in [4.69, 9.17) is 21.0 Å². The van der Waals surface area contributed by atoms with Gasteiger partial charge in [-0.05, 0) is 24.6 Å². The van der Waals surface area contributed by atoms with Gasteiger partial charge in [0.1, 0.15) is 6.61 Å². The number of aliphatic carboxylic acids is 1. The second-order valence-corrected chi connectivity index (χ2v) is 3.28. The molecule has 0 saturated heterocycles. The highest BCUT2D eigenvalue weighted by Gasteiger charge is 2.08. The van der Waals surface area contributed by atoms with Crippen molar-refractivity contribution in [1.29, 1.82) is 0 Å². The van der Waals surface area contributed by atoms with E-state index in [1.54, 1.807) is 18.2 Å². The number of carboxylic acid groups (broad SMARTS) is 1. The van der Waals surface area contributed by atoms with E-state index in [1.165, 1.54) is 0 Å². The number of carbonyl (C=O) groups is 1. The minimum Gasteiger partial charge on any atom is -0.490 e. The topological polar surface area (TPSA) is 55.8 Å². The molecule has 0 aliphatic heterocycles. The van der Waals surface area contributed by atoms with E-state index in [2.05, 4.69) is 5.92 Å². The third-order valence-corrected chi connectivity index (χ3v) is 1.97. The average molecular weight is 234 g/mol. The highest BCUT2D eigenvalue weighted by atomic mass is 16.5. The molecule has 0 fully saturated rings.